The zero-order valence-corrected chi connectivity index (χ0v) is 16.8. The van der Waals surface area contributed by atoms with Crippen molar-refractivity contribution in [3.63, 3.8) is 0 Å². The lowest BCUT2D eigenvalue weighted by atomic mass is 10.1. The summed E-state index contributed by atoms with van der Waals surface area (Å²) in [7, 11) is 1.54. The first-order valence-electron chi connectivity index (χ1n) is 9.50. The van der Waals surface area contributed by atoms with Crippen molar-refractivity contribution in [2.45, 2.75) is 6.18 Å². The minimum atomic E-state index is -4.51. The minimum absolute atomic E-state index is 0.0210. The maximum Gasteiger partial charge on any atom is 0.416 e. The number of nitrogens with zero attached hydrogens (tertiary/aromatic N) is 3. The van der Waals surface area contributed by atoms with E-state index in [1.54, 1.807) is 48.5 Å². The lowest BCUT2D eigenvalue weighted by molar-refractivity contribution is -0.137. The largest absolute Gasteiger partial charge is 0.497 e. The zero-order valence-electron chi connectivity index (χ0n) is 16.8. The van der Waals surface area contributed by atoms with Gasteiger partial charge in [0.25, 0.3) is 5.56 Å². The predicted octanol–water partition coefficient (Wildman–Crippen LogP) is 6.28. The van der Waals surface area contributed by atoms with Gasteiger partial charge in [-0.15, -0.1) is 5.11 Å². The van der Waals surface area contributed by atoms with Gasteiger partial charge in [0.05, 0.1) is 29.7 Å². The summed E-state index contributed by atoms with van der Waals surface area (Å²) in [5.74, 6) is 0.630. The molecule has 162 valence electrons. The van der Waals surface area contributed by atoms with Crippen LogP contribution in [0.2, 0.25) is 0 Å². The fraction of sp³-hybridized carbons (Fsp3) is 0.0870. The fourth-order valence-electron chi connectivity index (χ4n) is 3.09. The highest BCUT2D eigenvalue weighted by molar-refractivity contribution is 5.72. The number of rotatable bonds is 5. The summed E-state index contributed by atoms with van der Waals surface area (Å²) in [5, 5.41) is 11.0. The Morgan fingerprint density at radius 3 is 2.28 bits per heavy atom. The summed E-state index contributed by atoms with van der Waals surface area (Å²) < 4.78 is 45.5. The molecular formula is C23H17F3N4O2. The topological polar surface area (TPSA) is 71.7 Å². The van der Waals surface area contributed by atoms with Gasteiger partial charge in [-0.1, -0.05) is 24.3 Å². The summed E-state index contributed by atoms with van der Waals surface area (Å²) in [4.78, 5) is 13.1. The molecule has 0 atom stereocenters. The predicted molar refractivity (Wildman–Crippen MR) is 114 cm³/mol. The van der Waals surface area contributed by atoms with E-state index < -0.39 is 17.3 Å². The number of benzene rings is 3. The Hall–Kier alpha value is -4.14. The molecule has 0 aliphatic carbocycles. The Labute approximate surface area is 180 Å². The van der Waals surface area contributed by atoms with Crippen LogP contribution in [0.25, 0.3) is 16.9 Å². The molecule has 0 amide bonds. The van der Waals surface area contributed by atoms with Crippen LogP contribution in [0.5, 0.6) is 5.75 Å². The molecule has 0 saturated heterocycles. The molecule has 6 nitrogen and oxygen atoms in total. The maximum absolute atomic E-state index is 13.1. The number of aromatic amines is 1. The molecule has 9 heteroatoms. The maximum atomic E-state index is 13.1. The average Bonchev–Trinajstić information content (AvgIpc) is 3.14. The molecule has 0 unspecified atom stereocenters. The number of halogens is 3. The number of hydrogen-bond acceptors (Lipinski definition) is 4. The highest BCUT2D eigenvalue weighted by Gasteiger charge is 2.30. The number of ether oxygens (including phenoxy) is 1. The van der Waals surface area contributed by atoms with Gasteiger partial charge in [-0.2, -0.15) is 18.3 Å². The van der Waals surface area contributed by atoms with E-state index in [1.807, 2.05) is 6.07 Å². The third kappa shape index (κ3) is 4.31. The van der Waals surface area contributed by atoms with E-state index in [2.05, 4.69) is 15.3 Å². The first-order valence-corrected chi connectivity index (χ1v) is 9.50. The van der Waals surface area contributed by atoms with Gasteiger partial charge in [-0.25, -0.2) is 4.68 Å². The van der Waals surface area contributed by atoms with Gasteiger partial charge < -0.3 is 4.74 Å². The summed E-state index contributed by atoms with van der Waals surface area (Å²) in [5.41, 5.74) is 0.197. The standard InChI is InChI=1S/C23H17F3N4O2/c1-32-19-12-10-15(11-13-19)20-21(22(31)30(29-20)18-8-3-2-4-9-18)28-27-17-7-5-6-16(14-17)23(24,25)26/h2-14,29H,1H3. The van der Waals surface area contributed by atoms with E-state index in [9.17, 15) is 18.0 Å². The molecule has 4 rings (SSSR count). The Morgan fingerprint density at radius 2 is 1.62 bits per heavy atom. The molecular weight excluding hydrogens is 421 g/mol. The molecule has 0 aliphatic rings. The molecule has 0 bridgehead atoms. The highest BCUT2D eigenvalue weighted by Crippen LogP contribution is 2.33. The smallest absolute Gasteiger partial charge is 0.416 e. The average molecular weight is 438 g/mol. The van der Waals surface area contributed by atoms with E-state index in [-0.39, 0.29) is 11.4 Å². The summed E-state index contributed by atoms with van der Waals surface area (Å²) >= 11 is 0. The van der Waals surface area contributed by atoms with Crippen LogP contribution < -0.4 is 10.3 Å². The number of azo groups is 1. The molecule has 4 aromatic rings. The first kappa shape index (κ1) is 21.1. The molecule has 0 aliphatic heterocycles. The summed E-state index contributed by atoms with van der Waals surface area (Å²) in [6.45, 7) is 0. The second kappa shape index (κ2) is 8.54. The van der Waals surface area contributed by atoms with Crippen LogP contribution in [-0.2, 0) is 6.18 Å². The number of alkyl halides is 3. The quantitative estimate of drug-likeness (QED) is 0.373. The van der Waals surface area contributed by atoms with Crippen LogP contribution >= 0.6 is 0 Å². The van der Waals surface area contributed by atoms with Crippen molar-refractivity contribution in [1.82, 2.24) is 9.78 Å². The highest BCUT2D eigenvalue weighted by atomic mass is 19.4. The number of nitrogens with one attached hydrogen (secondary N) is 1. The summed E-state index contributed by atoms with van der Waals surface area (Å²) in [6, 6.07) is 20.2. The van der Waals surface area contributed by atoms with Gasteiger partial charge in [0.2, 0.25) is 0 Å². The normalized spacial score (nSPS) is 11.8. The number of para-hydroxylation sites is 1. The van der Waals surface area contributed by atoms with E-state index in [0.717, 1.165) is 12.1 Å². The van der Waals surface area contributed by atoms with Gasteiger partial charge in [-0.3, -0.25) is 9.89 Å². The SMILES string of the molecule is COc1ccc(-c2[nH]n(-c3ccccc3)c(=O)c2N=Nc2cccc(C(F)(F)F)c2)cc1. The van der Waals surface area contributed by atoms with Gasteiger partial charge >= 0.3 is 6.18 Å². The van der Waals surface area contributed by atoms with Crippen molar-refractivity contribution in [3.05, 3.63) is 94.8 Å². The molecule has 1 N–H and O–H groups in total. The number of aromatic nitrogens is 2. The summed E-state index contributed by atoms with van der Waals surface area (Å²) in [6.07, 6.45) is -4.51. The molecule has 0 saturated carbocycles. The fourth-order valence-corrected chi connectivity index (χ4v) is 3.09. The van der Waals surface area contributed by atoms with Crippen LogP contribution in [0.4, 0.5) is 24.5 Å². The molecule has 0 radical (unpaired) electrons. The second-order valence-corrected chi connectivity index (χ2v) is 6.79. The molecule has 1 heterocycles. The van der Waals surface area contributed by atoms with Gasteiger partial charge in [0.1, 0.15) is 5.75 Å². The van der Waals surface area contributed by atoms with E-state index >= 15 is 0 Å². The van der Waals surface area contributed by atoms with Crippen LogP contribution in [0.3, 0.4) is 0 Å². The second-order valence-electron chi connectivity index (χ2n) is 6.79. The van der Waals surface area contributed by atoms with Crippen molar-refractivity contribution in [2.75, 3.05) is 7.11 Å². The van der Waals surface area contributed by atoms with Crippen LogP contribution in [-0.4, -0.2) is 16.9 Å². The number of methoxy groups -OCH3 is 1. The van der Waals surface area contributed by atoms with Crippen molar-refractivity contribution in [3.8, 4) is 22.7 Å². The molecule has 0 spiro atoms. The monoisotopic (exact) mass is 438 g/mol. The first-order chi connectivity index (χ1) is 15.4. The Kier molecular flexibility index (Phi) is 5.63. The van der Waals surface area contributed by atoms with E-state index in [0.29, 0.717) is 22.7 Å². The van der Waals surface area contributed by atoms with E-state index in [1.165, 1.54) is 23.9 Å². The van der Waals surface area contributed by atoms with Crippen molar-refractivity contribution < 1.29 is 17.9 Å². The van der Waals surface area contributed by atoms with Crippen LogP contribution in [0, 0.1) is 0 Å². The Morgan fingerprint density at radius 1 is 0.906 bits per heavy atom. The van der Waals surface area contributed by atoms with Gasteiger partial charge in [-0.05, 0) is 54.6 Å². The minimum Gasteiger partial charge on any atom is -0.497 e. The molecule has 3 aromatic carbocycles. The Bertz CT molecular complexity index is 1310. The van der Waals surface area contributed by atoms with Crippen molar-refractivity contribution >= 4 is 11.4 Å². The lowest BCUT2D eigenvalue weighted by Crippen LogP contribution is -2.13. The lowest BCUT2D eigenvalue weighted by Gasteiger charge is -2.06. The molecule has 0 fully saturated rings. The van der Waals surface area contributed by atoms with Crippen molar-refractivity contribution in [1.29, 1.82) is 0 Å². The number of H-pyrrole nitrogens is 1. The zero-order chi connectivity index (χ0) is 22.7. The van der Waals surface area contributed by atoms with Crippen molar-refractivity contribution in [2.24, 2.45) is 10.2 Å². The Balaban J connectivity index is 1.82. The van der Waals surface area contributed by atoms with Gasteiger partial charge in [0.15, 0.2) is 5.69 Å². The number of hydrogen-bond donors (Lipinski definition) is 1. The van der Waals surface area contributed by atoms with Gasteiger partial charge in [0, 0.05) is 5.56 Å². The van der Waals surface area contributed by atoms with E-state index in [4.69, 9.17) is 4.74 Å². The molecule has 32 heavy (non-hydrogen) atoms. The third-order valence-corrected chi connectivity index (χ3v) is 4.70. The third-order valence-electron chi connectivity index (χ3n) is 4.70. The van der Waals surface area contributed by atoms with Crippen LogP contribution in [0.1, 0.15) is 5.56 Å². The van der Waals surface area contributed by atoms with Crippen LogP contribution in [0.15, 0.2) is 93.9 Å². The molecule has 1 aromatic heterocycles.